The highest BCUT2D eigenvalue weighted by atomic mass is 19.1. The Morgan fingerprint density at radius 2 is 2.20 bits per heavy atom. The standard InChI is InChI=1S/C16H14FNO2/c17-11-6-7-12(14(9-11)16(19)20)13-5-1-3-10-4-2-8-18-15(10)13/h2,4,6-9,13H,1,3,5H2,(H,19,20). The van der Waals surface area contributed by atoms with Crippen molar-refractivity contribution in [1.29, 1.82) is 0 Å². The van der Waals surface area contributed by atoms with Crippen LogP contribution in [0.5, 0.6) is 0 Å². The second-order valence-electron chi connectivity index (χ2n) is 5.03. The Morgan fingerprint density at radius 3 is 3.00 bits per heavy atom. The van der Waals surface area contributed by atoms with Crippen molar-refractivity contribution in [3.05, 3.63) is 64.7 Å². The van der Waals surface area contributed by atoms with Gasteiger partial charge in [0, 0.05) is 12.1 Å². The summed E-state index contributed by atoms with van der Waals surface area (Å²) in [6.45, 7) is 0. The van der Waals surface area contributed by atoms with E-state index in [-0.39, 0.29) is 11.5 Å². The van der Waals surface area contributed by atoms with Crippen LogP contribution in [-0.4, -0.2) is 16.1 Å². The van der Waals surface area contributed by atoms with Crippen molar-refractivity contribution >= 4 is 5.97 Å². The van der Waals surface area contributed by atoms with Crippen LogP contribution < -0.4 is 0 Å². The number of hydrogen-bond donors (Lipinski definition) is 1. The van der Waals surface area contributed by atoms with Gasteiger partial charge in [-0.25, -0.2) is 9.18 Å². The van der Waals surface area contributed by atoms with Crippen molar-refractivity contribution < 1.29 is 14.3 Å². The van der Waals surface area contributed by atoms with Gasteiger partial charge in [0.2, 0.25) is 0 Å². The third-order valence-corrected chi connectivity index (χ3v) is 3.82. The normalized spacial score (nSPS) is 17.6. The predicted octanol–water partition coefficient (Wildman–Crippen LogP) is 3.39. The lowest BCUT2D eigenvalue weighted by Gasteiger charge is -2.25. The van der Waals surface area contributed by atoms with Crippen molar-refractivity contribution in [2.45, 2.75) is 25.2 Å². The molecule has 2 aromatic rings. The maximum absolute atomic E-state index is 13.3. The van der Waals surface area contributed by atoms with Crippen LogP contribution in [0.25, 0.3) is 0 Å². The summed E-state index contributed by atoms with van der Waals surface area (Å²) in [4.78, 5) is 15.8. The van der Waals surface area contributed by atoms with Gasteiger partial charge in [-0.2, -0.15) is 0 Å². The zero-order valence-electron chi connectivity index (χ0n) is 10.8. The van der Waals surface area contributed by atoms with Gasteiger partial charge in [0.1, 0.15) is 5.82 Å². The van der Waals surface area contributed by atoms with Crippen molar-refractivity contribution in [3.63, 3.8) is 0 Å². The number of aromatic carboxylic acids is 1. The van der Waals surface area contributed by atoms with Crippen LogP contribution >= 0.6 is 0 Å². The summed E-state index contributed by atoms with van der Waals surface area (Å²) in [5, 5.41) is 9.28. The van der Waals surface area contributed by atoms with E-state index in [1.54, 1.807) is 12.3 Å². The van der Waals surface area contributed by atoms with Gasteiger partial charge in [-0.05, 0) is 48.6 Å². The maximum atomic E-state index is 13.3. The molecule has 20 heavy (non-hydrogen) atoms. The van der Waals surface area contributed by atoms with E-state index >= 15 is 0 Å². The van der Waals surface area contributed by atoms with Gasteiger partial charge >= 0.3 is 5.97 Å². The van der Waals surface area contributed by atoms with E-state index < -0.39 is 11.8 Å². The minimum absolute atomic E-state index is 0.0357. The van der Waals surface area contributed by atoms with Crippen molar-refractivity contribution in [2.75, 3.05) is 0 Å². The summed E-state index contributed by atoms with van der Waals surface area (Å²) < 4.78 is 13.3. The molecule has 0 spiro atoms. The Kier molecular flexibility index (Phi) is 3.22. The molecule has 0 aliphatic heterocycles. The maximum Gasteiger partial charge on any atom is 0.336 e. The molecule has 102 valence electrons. The number of aromatic nitrogens is 1. The summed E-state index contributed by atoms with van der Waals surface area (Å²) in [6, 6.07) is 7.91. The number of aryl methyl sites for hydroxylation is 1. The zero-order chi connectivity index (χ0) is 14.1. The van der Waals surface area contributed by atoms with Crippen molar-refractivity contribution in [2.24, 2.45) is 0 Å². The van der Waals surface area contributed by atoms with Gasteiger partial charge in [0.05, 0.1) is 11.3 Å². The van der Waals surface area contributed by atoms with Gasteiger partial charge in [-0.3, -0.25) is 4.98 Å². The predicted molar refractivity (Wildman–Crippen MR) is 72.4 cm³/mol. The number of rotatable bonds is 2. The van der Waals surface area contributed by atoms with E-state index in [4.69, 9.17) is 0 Å². The lowest BCUT2D eigenvalue weighted by Crippen LogP contribution is -2.16. The van der Waals surface area contributed by atoms with Crippen LogP contribution in [0.3, 0.4) is 0 Å². The molecule has 1 aromatic heterocycles. The lowest BCUT2D eigenvalue weighted by atomic mass is 9.80. The molecule has 1 atom stereocenters. The second kappa shape index (κ2) is 5.04. The smallest absolute Gasteiger partial charge is 0.336 e. The molecule has 3 rings (SSSR count). The molecule has 4 heteroatoms. The molecular formula is C16H14FNO2. The summed E-state index contributed by atoms with van der Waals surface area (Å²) >= 11 is 0. The quantitative estimate of drug-likeness (QED) is 0.910. The van der Waals surface area contributed by atoms with E-state index in [0.717, 1.165) is 36.6 Å². The van der Waals surface area contributed by atoms with E-state index in [1.807, 2.05) is 12.1 Å². The Balaban J connectivity index is 2.13. The van der Waals surface area contributed by atoms with Crippen LogP contribution in [0.15, 0.2) is 36.5 Å². The number of nitrogens with zero attached hydrogens (tertiary/aromatic N) is 1. The zero-order valence-corrected chi connectivity index (χ0v) is 10.8. The molecule has 0 bridgehead atoms. The van der Waals surface area contributed by atoms with E-state index in [9.17, 15) is 14.3 Å². The number of fused-ring (bicyclic) bond motifs is 1. The van der Waals surface area contributed by atoms with Gasteiger partial charge in [0.15, 0.2) is 0 Å². The van der Waals surface area contributed by atoms with Crippen LogP contribution in [0, 0.1) is 5.82 Å². The van der Waals surface area contributed by atoms with Gasteiger partial charge in [-0.15, -0.1) is 0 Å². The molecule has 0 amide bonds. The molecule has 0 saturated carbocycles. The Labute approximate surface area is 116 Å². The average Bonchev–Trinajstić information content (AvgIpc) is 2.46. The number of hydrogen-bond acceptors (Lipinski definition) is 2. The van der Waals surface area contributed by atoms with E-state index in [1.165, 1.54) is 6.07 Å². The second-order valence-corrected chi connectivity index (χ2v) is 5.03. The minimum atomic E-state index is -1.09. The highest BCUT2D eigenvalue weighted by molar-refractivity contribution is 5.89. The molecule has 1 aliphatic rings. The Hall–Kier alpha value is -2.23. The fraction of sp³-hybridized carbons (Fsp3) is 0.250. The lowest BCUT2D eigenvalue weighted by molar-refractivity contribution is 0.0694. The number of pyridine rings is 1. The number of carboxylic acid groups (broad SMARTS) is 1. The SMILES string of the molecule is O=C(O)c1cc(F)ccc1C1CCCc2cccnc21. The topological polar surface area (TPSA) is 50.2 Å². The molecule has 3 nitrogen and oxygen atoms in total. The van der Waals surface area contributed by atoms with E-state index in [2.05, 4.69) is 4.98 Å². The number of carbonyl (C=O) groups is 1. The third-order valence-electron chi connectivity index (χ3n) is 3.82. The first-order valence-electron chi connectivity index (χ1n) is 6.63. The van der Waals surface area contributed by atoms with Crippen molar-refractivity contribution in [3.8, 4) is 0 Å². The molecule has 1 N–H and O–H groups in total. The molecule has 1 heterocycles. The van der Waals surface area contributed by atoms with Crippen LogP contribution in [0.2, 0.25) is 0 Å². The van der Waals surface area contributed by atoms with Gasteiger partial charge < -0.3 is 5.11 Å². The first-order valence-corrected chi connectivity index (χ1v) is 6.63. The van der Waals surface area contributed by atoms with Gasteiger partial charge in [0.25, 0.3) is 0 Å². The number of carboxylic acids is 1. The van der Waals surface area contributed by atoms with Crippen molar-refractivity contribution in [1.82, 2.24) is 4.98 Å². The fourth-order valence-corrected chi connectivity index (χ4v) is 2.93. The highest BCUT2D eigenvalue weighted by Gasteiger charge is 2.26. The molecule has 0 radical (unpaired) electrons. The van der Waals surface area contributed by atoms with E-state index in [0.29, 0.717) is 5.56 Å². The first-order chi connectivity index (χ1) is 9.66. The number of halogens is 1. The van der Waals surface area contributed by atoms with Crippen LogP contribution in [0.1, 0.15) is 45.9 Å². The average molecular weight is 271 g/mol. The molecule has 1 aliphatic carbocycles. The third kappa shape index (κ3) is 2.18. The summed E-state index contributed by atoms with van der Waals surface area (Å²) in [7, 11) is 0. The molecule has 1 unspecified atom stereocenters. The number of benzene rings is 1. The summed E-state index contributed by atoms with van der Waals surface area (Å²) in [6.07, 6.45) is 4.51. The Morgan fingerprint density at radius 1 is 1.35 bits per heavy atom. The van der Waals surface area contributed by atoms with Crippen LogP contribution in [-0.2, 0) is 6.42 Å². The Bertz CT molecular complexity index is 669. The summed E-state index contributed by atoms with van der Waals surface area (Å²) in [5.41, 5.74) is 2.77. The first kappa shape index (κ1) is 12.8. The molecule has 0 fully saturated rings. The summed E-state index contributed by atoms with van der Waals surface area (Å²) in [5.74, 6) is -1.68. The van der Waals surface area contributed by atoms with Gasteiger partial charge in [-0.1, -0.05) is 12.1 Å². The highest BCUT2D eigenvalue weighted by Crippen LogP contribution is 2.36. The van der Waals surface area contributed by atoms with Crippen LogP contribution in [0.4, 0.5) is 4.39 Å². The largest absolute Gasteiger partial charge is 0.478 e. The monoisotopic (exact) mass is 271 g/mol. The minimum Gasteiger partial charge on any atom is -0.478 e. The fourth-order valence-electron chi connectivity index (χ4n) is 2.93. The molecule has 0 saturated heterocycles. The molecule has 1 aromatic carbocycles. The molecular weight excluding hydrogens is 257 g/mol.